The second kappa shape index (κ2) is 4.91. The van der Waals surface area contributed by atoms with Crippen molar-refractivity contribution in [3.63, 3.8) is 0 Å². The zero-order valence-corrected chi connectivity index (χ0v) is 10.1. The summed E-state index contributed by atoms with van der Waals surface area (Å²) in [6.45, 7) is 4.45. The van der Waals surface area contributed by atoms with Crippen LogP contribution in [0.2, 0.25) is 0 Å². The predicted molar refractivity (Wildman–Crippen MR) is 61.7 cm³/mol. The molecule has 2 nitrogen and oxygen atoms in total. The van der Waals surface area contributed by atoms with Crippen LogP contribution >= 0.6 is 11.3 Å². The third kappa shape index (κ3) is 2.35. The van der Waals surface area contributed by atoms with Gasteiger partial charge in [-0.2, -0.15) is 0 Å². The molecule has 0 aromatic carbocycles. The van der Waals surface area contributed by atoms with E-state index in [-0.39, 0.29) is 12.5 Å². The van der Waals surface area contributed by atoms with Crippen molar-refractivity contribution in [1.29, 1.82) is 0 Å². The average Bonchev–Trinajstić information content (AvgIpc) is 2.52. The van der Waals surface area contributed by atoms with Gasteiger partial charge in [-0.05, 0) is 43.9 Å². The SMILES string of the molecule is Cc1ccsc1C(C(C)CO)N(C)C. The summed E-state index contributed by atoms with van der Waals surface area (Å²) < 4.78 is 0. The van der Waals surface area contributed by atoms with Crippen LogP contribution in [0.1, 0.15) is 23.4 Å². The fourth-order valence-corrected chi connectivity index (χ4v) is 3.04. The van der Waals surface area contributed by atoms with E-state index in [0.717, 1.165) is 0 Å². The van der Waals surface area contributed by atoms with Gasteiger partial charge in [0.2, 0.25) is 0 Å². The first-order valence-electron chi connectivity index (χ1n) is 4.89. The normalized spacial score (nSPS) is 15.9. The predicted octanol–water partition coefficient (Wildman–Crippen LogP) is 2.29. The Balaban J connectivity index is 2.94. The molecular weight excluding hydrogens is 194 g/mol. The maximum atomic E-state index is 9.22. The van der Waals surface area contributed by atoms with Crippen molar-refractivity contribution in [2.24, 2.45) is 5.92 Å². The molecule has 2 atom stereocenters. The van der Waals surface area contributed by atoms with E-state index in [4.69, 9.17) is 0 Å². The van der Waals surface area contributed by atoms with Gasteiger partial charge in [-0.1, -0.05) is 6.92 Å². The maximum absolute atomic E-state index is 9.22. The molecule has 0 aliphatic heterocycles. The Labute approximate surface area is 90.2 Å². The highest BCUT2D eigenvalue weighted by atomic mass is 32.1. The van der Waals surface area contributed by atoms with Crippen molar-refractivity contribution in [3.8, 4) is 0 Å². The minimum absolute atomic E-state index is 0.236. The van der Waals surface area contributed by atoms with E-state index in [1.54, 1.807) is 11.3 Å². The van der Waals surface area contributed by atoms with Crippen LogP contribution in [0, 0.1) is 12.8 Å². The molecule has 1 rings (SSSR count). The third-order valence-corrected chi connectivity index (χ3v) is 3.64. The standard InChI is InChI=1S/C11H19NOS/c1-8-5-6-14-11(8)10(12(3)4)9(2)7-13/h5-6,9-10,13H,7H2,1-4H3. The summed E-state index contributed by atoms with van der Waals surface area (Å²) in [5.74, 6) is 0.280. The number of aryl methyl sites for hydroxylation is 1. The van der Waals surface area contributed by atoms with Crippen molar-refractivity contribution in [3.05, 3.63) is 21.9 Å². The molecule has 0 spiro atoms. The third-order valence-electron chi connectivity index (χ3n) is 2.55. The molecule has 1 N–H and O–H groups in total. The Bertz CT molecular complexity index is 283. The molecular formula is C11H19NOS. The van der Waals surface area contributed by atoms with Crippen LogP contribution in [0.4, 0.5) is 0 Å². The number of rotatable bonds is 4. The quantitative estimate of drug-likeness (QED) is 0.829. The highest BCUT2D eigenvalue weighted by Gasteiger charge is 2.23. The van der Waals surface area contributed by atoms with Crippen LogP contribution in [0.5, 0.6) is 0 Å². The number of aliphatic hydroxyl groups is 1. The Hall–Kier alpha value is -0.380. The van der Waals surface area contributed by atoms with Crippen molar-refractivity contribution < 1.29 is 5.11 Å². The van der Waals surface area contributed by atoms with Gasteiger partial charge >= 0.3 is 0 Å². The highest BCUT2D eigenvalue weighted by Crippen LogP contribution is 2.32. The molecule has 0 fully saturated rings. The summed E-state index contributed by atoms with van der Waals surface area (Å²) in [4.78, 5) is 3.55. The van der Waals surface area contributed by atoms with Crippen LogP contribution in [-0.2, 0) is 0 Å². The van der Waals surface area contributed by atoms with Gasteiger partial charge in [0.05, 0.1) is 0 Å². The number of hydrogen-bond donors (Lipinski definition) is 1. The second-order valence-electron chi connectivity index (χ2n) is 4.04. The van der Waals surface area contributed by atoms with E-state index in [9.17, 15) is 5.11 Å². The lowest BCUT2D eigenvalue weighted by Gasteiger charge is -2.28. The first kappa shape index (κ1) is 11.7. The molecule has 0 bridgehead atoms. The summed E-state index contributed by atoms with van der Waals surface area (Å²) in [5, 5.41) is 11.3. The Kier molecular flexibility index (Phi) is 4.11. The van der Waals surface area contributed by atoms with E-state index in [0.29, 0.717) is 6.04 Å². The van der Waals surface area contributed by atoms with Crippen LogP contribution in [0.15, 0.2) is 11.4 Å². The van der Waals surface area contributed by atoms with Gasteiger partial charge in [-0.25, -0.2) is 0 Å². The van der Waals surface area contributed by atoms with Gasteiger partial charge in [0.25, 0.3) is 0 Å². The molecule has 1 aromatic heterocycles. The summed E-state index contributed by atoms with van der Waals surface area (Å²) in [5.41, 5.74) is 1.33. The molecule has 0 radical (unpaired) electrons. The van der Waals surface area contributed by atoms with Crippen molar-refractivity contribution in [1.82, 2.24) is 4.90 Å². The van der Waals surface area contributed by atoms with E-state index in [1.165, 1.54) is 10.4 Å². The molecule has 80 valence electrons. The minimum Gasteiger partial charge on any atom is -0.396 e. The first-order chi connectivity index (χ1) is 6.57. The summed E-state index contributed by atoms with van der Waals surface area (Å²) in [6, 6.07) is 2.47. The van der Waals surface area contributed by atoms with Gasteiger partial charge in [0.1, 0.15) is 0 Å². The molecule has 0 aliphatic rings. The molecule has 1 aromatic rings. The first-order valence-corrected chi connectivity index (χ1v) is 5.77. The lowest BCUT2D eigenvalue weighted by atomic mass is 9.98. The molecule has 14 heavy (non-hydrogen) atoms. The molecule has 0 saturated heterocycles. The van der Waals surface area contributed by atoms with Gasteiger partial charge < -0.3 is 10.0 Å². The van der Waals surface area contributed by atoms with Crippen LogP contribution in [0.3, 0.4) is 0 Å². The van der Waals surface area contributed by atoms with Crippen LogP contribution in [0.25, 0.3) is 0 Å². The number of nitrogens with zero attached hydrogens (tertiary/aromatic N) is 1. The zero-order valence-electron chi connectivity index (χ0n) is 9.32. The summed E-state index contributed by atoms with van der Waals surface area (Å²) in [7, 11) is 4.13. The van der Waals surface area contributed by atoms with Crippen molar-refractivity contribution >= 4 is 11.3 Å². The summed E-state index contributed by atoms with van der Waals surface area (Å²) >= 11 is 1.78. The van der Waals surface area contributed by atoms with E-state index < -0.39 is 0 Å². The van der Waals surface area contributed by atoms with Crippen molar-refractivity contribution in [2.75, 3.05) is 20.7 Å². The number of thiophene rings is 1. The summed E-state index contributed by atoms with van der Waals surface area (Å²) in [6.07, 6.45) is 0. The van der Waals surface area contributed by atoms with Gasteiger partial charge in [-0.15, -0.1) is 11.3 Å². The molecule has 0 aliphatic carbocycles. The molecule has 0 saturated carbocycles. The second-order valence-corrected chi connectivity index (χ2v) is 4.98. The van der Waals surface area contributed by atoms with Gasteiger partial charge in [-0.3, -0.25) is 0 Å². The topological polar surface area (TPSA) is 23.5 Å². The molecule has 1 heterocycles. The molecule has 3 heteroatoms. The lowest BCUT2D eigenvalue weighted by Crippen LogP contribution is -2.27. The number of hydrogen-bond acceptors (Lipinski definition) is 3. The minimum atomic E-state index is 0.236. The zero-order chi connectivity index (χ0) is 10.7. The van der Waals surface area contributed by atoms with Crippen molar-refractivity contribution in [2.45, 2.75) is 19.9 Å². The van der Waals surface area contributed by atoms with E-state index in [1.807, 2.05) is 0 Å². The smallest absolute Gasteiger partial charge is 0.0485 e. The Morgan fingerprint density at radius 3 is 2.50 bits per heavy atom. The fraction of sp³-hybridized carbons (Fsp3) is 0.636. The van der Waals surface area contributed by atoms with Gasteiger partial charge in [0.15, 0.2) is 0 Å². The van der Waals surface area contributed by atoms with Gasteiger partial charge in [0, 0.05) is 17.5 Å². The van der Waals surface area contributed by atoms with E-state index in [2.05, 4.69) is 44.3 Å². The lowest BCUT2D eigenvalue weighted by molar-refractivity contribution is 0.147. The van der Waals surface area contributed by atoms with Crippen LogP contribution in [-0.4, -0.2) is 30.7 Å². The molecule has 0 amide bonds. The highest BCUT2D eigenvalue weighted by molar-refractivity contribution is 7.10. The Morgan fingerprint density at radius 1 is 1.50 bits per heavy atom. The number of aliphatic hydroxyl groups excluding tert-OH is 1. The van der Waals surface area contributed by atoms with Crippen LogP contribution < -0.4 is 0 Å². The molecule has 2 unspecified atom stereocenters. The average molecular weight is 213 g/mol. The fourth-order valence-electron chi connectivity index (χ4n) is 1.79. The van der Waals surface area contributed by atoms with E-state index >= 15 is 0 Å². The maximum Gasteiger partial charge on any atom is 0.0485 e. The Morgan fingerprint density at radius 2 is 2.14 bits per heavy atom. The monoisotopic (exact) mass is 213 g/mol. The largest absolute Gasteiger partial charge is 0.396 e.